The third-order valence-electron chi connectivity index (χ3n) is 5.84. The van der Waals surface area contributed by atoms with E-state index in [1.165, 1.54) is 103 Å². The number of aliphatic hydroxyl groups is 1. The Kier molecular flexibility index (Phi) is 17.8. The molecule has 0 saturated heterocycles. The molecule has 0 aromatic rings. The van der Waals surface area contributed by atoms with Crippen molar-refractivity contribution >= 4 is 7.85 Å². The molecular weight excluding hydrogens is 343 g/mol. The molecule has 0 aromatic heterocycles. The average molecular weight is 397 g/mol. The highest BCUT2D eigenvalue weighted by molar-refractivity contribution is 6.08. The van der Waals surface area contributed by atoms with Gasteiger partial charge in [-0.2, -0.15) is 0 Å². The maximum atomic E-state index is 9.76. The summed E-state index contributed by atoms with van der Waals surface area (Å²) in [6, 6.07) is 0. The molecule has 0 radical (unpaired) electrons. The van der Waals surface area contributed by atoms with Crippen LogP contribution < -0.4 is 0 Å². The second-order valence-electron chi connectivity index (χ2n) is 10.2. The van der Waals surface area contributed by atoms with Gasteiger partial charge in [-0.05, 0) is 40.5 Å². The molecule has 0 fully saturated rings. The van der Waals surface area contributed by atoms with Gasteiger partial charge in [-0.3, -0.25) is 0 Å². The Bertz CT molecular complexity index is 323. The van der Waals surface area contributed by atoms with Crippen molar-refractivity contribution in [1.29, 1.82) is 0 Å². The van der Waals surface area contributed by atoms with Crippen molar-refractivity contribution in [2.45, 2.75) is 154 Å². The molecule has 0 spiro atoms. The van der Waals surface area contributed by atoms with Crippen LogP contribution in [0.1, 0.15) is 137 Å². The lowest BCUT2D eigenvalue weighted by Crippen LogP contribution is -2.28. The predicted octanol–water partition coefficient (Wildman–Crippen LogP) is 7.24. The Morgan fingerprint density at radius 2 is 0.929 bits per heavy atom. The molecule has 0 atom stereocenters. The van der Waals surface area contributed by atoms with Gasteiger partial charge in [0.2, 0.25) is 0 Å². The van der Waals surface area contributed by atoms with Gasteiger partial charge in [0.1, 0.15) is 7.85 Å². The summed E-state index contributed by atoms with van der Waals surface area (Å²) in [5.41, 5.74) is -0.675. The second kappa shape index (κ2) is 17.8. The first kappa shape index (κ1) is 28.0. The molecule has 1 N–H and O–H groups in total. The van der Waals surface area contributed by atoms with E-state index in [0.29, 0.717) is 13.0 Å². The van der Waals surface area contributed by atoms with Gasteiger partial charge in [0.15, 0.2) is 0 Å². The van der Waals surface area contributed by atoms with E-state index in [0.717, 1.165) is 6.42 Å². The van der Waals surface area contributed by atoms with E-state index in [9.17, 15) is 5.11 Å². The second-order valence-corrected chi connectivity index (χ2v) is 10.2. The Labute approximate surface area is 179 Å². The van der Waals surface area contributed by atoms with E-state index in [4.69, 9.17) is 4.74 Å². The highest BCUT2D eigenvalue weighted by Crippen LogP contribution is 2.21. The van der Waals surface area contributed by atoms with Crippen molar-refractivity contribution in [3.8, 4) is 0 Å². The Morgan fingerprint density at radius 1 is 0.571 bits per heavy atom. The first-order valence-corrected chi connectivity index (χ1v) is 12.6. The summed E-state index contributed by atoms with van der Waals surface area (Å²) in [5.74, 6) is 0. The highest BCUT2D eigenvalue weighted by atomic mass is 16.5. The number of ether oxygens (including phenoxy) is 1. The van der Waals surface area contributed by atoms with Gasteiger partial charge in [-0.25, -0.2) is 0 Å². The van der Waals surface area contributed by atoms with Crippen LogP contribution in [0.5, 0.6) is 0 Å². The van der Waals surface area contributed by atoms with E-state index in [1.807, 2.05) is 13.8 Å². The van der Waals surface area contributed by atoms with Crippen LogP contribution in [-0.4, -0.2) is 30.8 Å². The summed E-state index contributed by atoms with van der Waals surface area (Å²) in [7, 11) is 2.29. The third kappa shape index (κ3) is 22.3. The van der Waals surface area contributed by atoms with E-state index in [-0.39, 0.29) is 5.60 Å². The van der Waals surface area contributed by atoms with Gasteiger partial charge in [-0.15, -0.1) is 0 Å². The SMILES string of the molecule is BCCCCCCCCCCCCCCCCCC(C)(C)OCCC(C)(C)O. The smallest absolute Gasteiger partial charge is 0.101 e. The highest BCUT2D eigenvalue weighted by Gasteiger charge is 2.20. The van der Waals surface area contributed by atoms with Crippen LogP contribution in [0.2, 0.25) is 6.32 Å². The number of hydrogen-bond acceptors (Lipinski definition) is 2. The van der Waals surface area contributed by atoms with Crippen molar-refractivity contribution in [3.63, 3.8) is 0 Å². The van der Waals surface area contributed by atoms with Gasteiger partial charge in [0.05, 0.1) is 17.8 Å². The minimum absolute atomic E-state index is 0.0543. The fourth-order valence-electron chi connectivity index (χ4n) is 3.75. The minimum atomic E-state index is -0.621. The molecule has 0 aliphatic rings. The summed E-state index contributed by atoms with van der Waals surface area (Å²) >= 11 is 0. The molecule has 0 aliphatic carbocycles. The fraction of sp³-hybridized carbons (Fsp3) is 1.00. The van der Waals surface area contributed by atoms with Gasteiger partial charge in [-0.1, -0.05) is 103 Å². The lowest BCUT2D eigenvalue weighted by atomic mass is 9.98. The zero-order valence-electron chi connectivity index (χ0n) is 20.3. The number of hydrogen-bond donors (Lipinski definition) is 1. The van der Waals surface area contributed by atoms with Gasteiger partial charge < -0.3 is 9.84 Å². The van der Waals surface area contributed by atoms with Gasteiger partial charge in [0, 0.05) is 0 Å². The fourth-order valence-corrected chi connectivity index (χ4v) is 3.75. The van der Waals surface area contributed by atoms with Gasteiger partial charge in [0.25, 0.3) is 0 Å². The summed E-state index contributed by atoms with van der Waals surface area (Å²) in [5, 5.41) is 9.76. The molecule has 2 nitrogen and oxygen atoms in total. The molecule has 0 aromatic carbocycles. The molecule has 3 heteroatoms. The summed E-state index contributed by atoms with van der Waals surface area (Å²) in [6.07, 6.45) is 24.4. The standard InChI is InChI=1S/C25H53BO2/c1-24(2,27)21-23-28-25(3,4)20-18-16-14-12-10-8-6-5-7-9-11-13-15-17-19-22-26/h27H,5-23,26H2,1-4H3. The van der Waals surface area contributed by atoms with Crippen molar-refractivity contribution < 1.29 is 9.84 Å². The van der Waals surface area contributed by atoms with Crippen LogP contribution in [0.4, 0.5) is 0 Å². The van der Waals surface area contributed by atoms with E-state index < -0.39 is 5.60 Å². The summed E-state index contributed by atoms with van der Waals surface area (Å²) in [4.78, 5) is 0. The molecule has 28 heavy (non-hydrogen) atoms. The van der Waals surface area contributed by atoms with Crippen LogP contribution in [0.15, 0.2) is 0 Å². The van der Waals surface area contributed by atoms with Crippen molar-refractivity contribution in [2.75, 3.05) is 6.61 Å². The largest absolute Gasteiger partial charge is 0.390 e. The molecule has 0 amide bonds. The maximum absolute atomic E-state index is 9.76. The molecule has 0 bridgehead atoms. The Balaban J connectivity index is 3.28. The van der Waals surface area contributed by atoms with E-state index in [2.05, 4.69) is 21.7 Å². The van der Waals surface area contributed by atoms with Crippen molar-refractivity contribution in [1.82, 2.24) is 0 Å². The molecule has 0 rings (SSSR count). The molecule has 168 valence electrons. The van der Waals surface area contributed by atoms with Crippen LogP contribution in [0.25, 0.3) is 0 Å². The Morgan fingerprint density at radius 3 is 1.29 bits per heavy atom. The first-order valence-electron chi connectivity index (χ1n) is 12.6. The zero-order chi connectivity index (χ0) is 21.1. The monoisotopic (exact) mass is 396 g/mol. The summed E-state index contributed by atoms with van der Waals surface area (Å²) < 4.78 is 5.97. The van der Waals surface area contributed by atoms with Crippen LogP contribution in [0.3, 0.4) is 0 Å². The number of unbranched alkanes of at least 4 members (excludes halogenated alkanes) is 14. The quantitative estimate of drug-likeness (QED) is 0.164. The molecule has 0 heterocycles. The third-order valence-corrected chi connectivity index (χ3v) is 5.84. The maximum Gasteiger partial charge on any atom is 0.101 e. The summed E-state index contributed by atoms with van der Waals surface area (Å²) in [6.45, 7) is 8.71. The first-order chi connectivity index (χ1) is 13.3. The molecule has 0 saturated carbocycles. The van der Waals surface area contributed by atoms with E-state index in [1.54, 1.807) is 0 Å². The lowest BCUT2D eigenvalue weighted by molar-refractivity contribution is -0.0510. The van der Waals surface area contributed by atoms with Crippen LogP contribution in [-0.2, 0) is 4.74 Å². The number of rotatable bonds is 21. The molecule has 0 aliphatic heterocycles. The van der Waals surface area contributed by atoms with Crippen molar-refractivity contribution in [3.05, 3.63) is 0 Å². The average Bonchev–Trinajstić information content (AvgIpc) is 2.60. The van der Waals surface area contributed by atoms with Crippen molar-refractivity contribution in [2.24, 2.45) is 0 Å². The predicted molar refractivity (Wildman–Crippen MR) is 128 cm³/mol. The van der Waals surface area contributed by atoms with Crippen LogP contribution >= 0.6 is 0 Å². The topological polar surface area (TPSA) is 29.5 Å². The Hall–Kier alpha value is -0.0151. The lowest BCUT2D eigenvalue weighted by Gasteiger charge is -2.27. The van der Waals surface area contributed by atoms with Crippen LogP contribution in [0, 0.1) is 0 Å². The molecule has 0 unspecified atom stereocenters. The zero-order valence-corrected chi connectivity index (χ0v) is 20.3. The van der Waals surface area contributed by atoms with Gasteiger partial charge >= 0.3 is 0 Å². The molecular formula is C25H53BO2. The minimum Gasteiger partial charge on any atom is -0.390 e. The normalized spacial score (nSPS) is 12.6. The van der Waals surface area contributed by atoms with E-state index >= 15 is 0 Å².